The van der Waals surface area contributed by atoms with Crippen LogP contribution in [0, 0.1) is 5.92 Å². The van der Waals surface area contributed by atoms with E-state index in [1.54, 1.807) is 0 Å². The zero-order chi connectivity index (χ0) is 19.3. The molecule has 1 aromatic carbocycles. The number of hydrogen-bond donors (Lipinski definition) is 2. The largest absolute Gasteiger partial charge is 0.370 e. The van der Waals surface area contributed by atoms with Crippen LogP contribution < -0.4 is 11.1 Å². The lowest BCUT2D eigenvalue weighted by Crippen LogP contribution is -2.47. The van der Waals surface area contributed by atoms with Gasteiger partial charge in [0, 0.05) is 45.3 Å². The molecular weight excluding hydrogens is 362 g/mol. The van der Waals surface area contributed by atoms with Crippen molar-refractivity contribution in [1.82, 2.24) is 14.5 Å². The molecule has 1 unspecified atom stereocenters. The highest BCUT2D eigenvalue weighted by Gasteiger charge is 2.28. The number of hydrogen-bond acceptors (Lipinski definition) is 4. The van der Waals surface area contributed by atoms with Crippen LogP contribution in [0.15, 0.2) is 35.3 Å². The summed E-state index contributed by atoms with van der Waals surface area (Å²) >= 11 is 0. The lowest BCUT2D eigenvalue weighted by Gasteiger charge is -2.32. The van der Waals surface area contributed by atoms with Gasteiger partial charge in [0.15, 0.2) is 5.96 Å². The fourth-order valence-corrected chi connectivity index (χ4v) is 4.73. The third-order valence-corrected chi connectivity index (χ3v) is 6.70. The van der Waals surface area contributed by atoms with Crippen molar-refractivity contribution >= 4 is 16.0 Å². The number of rotatable bonds is 6. The Morgan fingerprint density at radius 2 is 1.89 bits per heavy atom. The van der Waals surface area contributed by atoms with Crippen molar-refractivity contribution in [2.24, 2.45) is 16.6 Å². The van der Waals surface area contributed by atoms with Gasteiger partial charge in [0.2, 0.25) is 10.0 Å². The Bertz CT molecular complexity index is 730. The van der Waals surface area contributed by atoms with E-state index in [0.29, 0.717) is 31.6 Å². The Hall–Kier alpha value is -1.64. The minimum atomic E-state index is -3.09. The molecule has 2 heterocycles. The molecule has 8 heteroatoms. The standard InChI is InChI=1S/C19H31N5O2S/c1-27(25,26)24-12-7-17(15-24)13-21-19(20)22-18-8-10-23(11-9-18)14-16-5-3-2-4-6-16/h2-6,17-18H,7-15H2,1H3,(H3,20,21,22). The van der Waals surface area contributed by atoms with Crippen molar-refractivity contribution in [3.8, 4) is 0 Å². The molecule has 0 radical (unpaired) electrons. The number of aliphatic imine (C=N–C) groups is 1. The van der Waals surface area contributed by atoms with Crippen LogP contribution in [0.2, 0.25) is 0 Å². The van der Waals surface area contributed by atoms with E-state index in [1.807, 2.05) is 6.07 Å². The minimum Gasteiger partial charge on any atom is -0.370 e. The van der Waals surface area contributed by atoms with E-state index in [0.717, 1.165) is 38.9 Å². The molecular formula is C19H31N5O2S. The van der Waals surface area contributed by atoms with E-state index in [1.165, 1.54) is 16.1 Å². The van der Waals surface area contributed by atoms with Gasteiger partial charge in [0.05, 0.1) is 6.26 Å². The highest BCUT2D eigenvalue weighted by molar-refractivity contribution is 7.88. The number of nitrogens with two attached hydrogens (primary N) is 1. The zero-order valence-corrected chi connectivity index (χ0v) is 16.9. The van der Waals surface area contributed by atoms with Crippen LogP contribution in [0.4, 0.5) is 0 Å². The van der Waals surface area contributed by atoms with E-state index < -0.39 is 10.0 Å². The summed E-state index contributed by atoms with van der Waals surface area (Å²) in [6.45, 7) is 4.81. The Balaban J connectivity index is 1.38. The summed E-state index contributed by atoms with van der Waals surface area (Å²) in [5, 5.41) is 3.34. The molecule has 0 aromatic heterocycles. The molecule has 2 aliphatic heterocycles. The predicted molar refractivity (Wildman–Crippen MR) is 109 cm³/mol. The van der Waals surface area contributed by atoms with Gasteiger partial charge < -0.3 is 11.1 Å². The topological polar surface area (TPSA) is 91.0 Å². The Morgan fingerprint density at radius 1 is 1.19 bits per heavy atom. The molecule has 3 rings (SSSR count). The first-order valence-electron chi connectivity index (χ1n) is 9.68. The Morgan fingerprint density at radius 3 is 2.52 bits per heavy atom. The zero-order valence-electron chi connectivity index (χ0n) is 16.0. The predicted octanol–water partition coefficient (Wildman–Crippen LogP) is 0.837. The van der Waals surface area contributed by atoms with Gasteiger partial charge in [-0.3, -0.25) is 9.89 Å². The fraction of sp³-hybridized carbons (Fsp3) is 0.632. The number of guanidine groups is 1. The van der Waals surface area contributed by atoms with Crippen LogP contribution in [-0.2, 0) is 16.6 Å². The van der Waals surface area contributed by atoms with Crippen molar-refractivity contribution in [3.05, 3.63) is 35.9 Å². The van der Waals surface area contributed by atoms with Gasteiger partial charge in [-0.05, 0) is 30.7 Å². The lowest BCUT2D eigenvalue weighted by atomic mass is 10.0. The number of piperidine rings is 1. The molecule has 3 N–H and O–H groups in total. The van der Waals surface area contributed by atoms with Gasteiger partial charge in [-0.15, -0.1) is 0 Å². The summed E-state index contributed by atoms with van der Waals surface area (Å²) in [6, 6.07) is 10.9. The van der Waals surface area contributed by atoms with Gasteiger partial charge in [0.1, 0.15) is 0 Å². The van der Waals surface area contributed by atoms with Crippen molar-refractivity contribution in [2.45, 2.75) is 31.8 Å². The molecule has 1 atom stereocenters. The lowest BCUT2D eigenvalue weighted by molar-refractivity contribution is 0.199. The molecule has 0 spiro atoms. The average molecular weight is 394 g/mol. The quantitative estimate of drug-likeness (QED) is 0.552. The first kappa shape index (κ1) is 20.1. The number of nitrogens with one attached hydrogen (secondary N) is 1. The van der Waals surface area contributed by atoms with E-state index in [4.69, 9.17) is 5.73 Å². The molecule has 0 bridgehead atoms. The summed E-state index contributed by atoms with van der Waals surface area (Å²) in [5.74, 6) is 0.738. The second kappa shape index (κ2) is 9.03. The van der Waals surface area contributed by atoms with Crippen LogP contribution in [0.1, 0.15) is 24.8 Å². The molecule has 0 aliphatic carbocycles. The smallest absolute Gasteiger partial charge is 0.211 e. The summed E-state index contributed by atoms with van der Waals surface area (Å²) in [4.78, 5) is 6.92. The van der Waals surface area contributed by atoms with E-state index in [-0.39, 0.29) is 5.92 Å². The van der Waals surface area contributed by atoms with Gasteiger partial charge in [-0.1, -0.05) is 30.3 Å². The number of nitrogens with zero attached hydrogens (tertiary/aromatic N) is 3. The highest BCUT2D eigenvalue weighted by atomic mass is 32.2. The maximum Gasteiger partial charge on any atom is 0.211 e. The van der Waals surface area contributed by atoms with Gasteiger partial charge in [-0.2, -0.15) is 0 Å². The molecule has 1 aromatic rings. The first-order valence-corrected chi connectivity index (χ1v) is 11.5. The van der Waals surface area contributed by atoms with E-state index in [2.05, 4.69) is 39.5 Å². The summed E-state index contributed by atoms with van der Waals surface area (Å²) in [5.41, 5.74) is 7.41. The normalized spacial score (nSPS) is 23.6. The van der Waals surface area contributed by atoms with Gasteiger partial charge >= 0.3 is 0 Å². The molecule has 2 saturated heterocycles. The maximum absolute atomic E-state index is 11.6. The third kappa shape index (κ3) is 6.19. The van der Waals surface area contributed by atoms with Crippen LogP contribution in [0.3, 0.4) is 0 Å². The monoisotopic (exact) mass is 393 g/mol. The minimum absolute atomic E-state index is 0.257. The van der Waals surface area contributed by atoms with E-state index >= 15 is 0 Å². The first-order chi connectivity index (χ1) is 12.9. The van der Waals surface area contributed by atoms with Gasteiger partial charge in [0.25, 0.3) is 0 Å². The molecule has 27 heavy (non-hydrogen) atoms. The third-order valence-electron chi connectivity index (χ3n) is 5.43. The molecule has 2 fully saturated rings. The Kier molecular flexibility index (Phi) is 6.73. The van der Waals surface area contributed by atoms with Crippen LogP contribution >= 0.6 is 0 Å². The van der Waals surface area contributed by atoms with Crippen LogP contribution in [0.5, 0.6) is 0 Å². The number of likely N-dealkylation sites (tertiary alicyclic amines) is 1. The number of benzene rings is 1. The molecule has 0 amide bonds. The molecule has 7 nitrogen and oxygen atoms in total. The fourth-order valence-electron chi connectivity index (χ4n) is 3.81. The highest BCUT2D eigenvalue weighted by Crippen LogP contribution is 2.19. The maximum atomic E-state index is 11.6. The average Bonchev–Trinajstić information content (AvgIpc) is 3.12. The second-order valence-electron chi connectivity index (χ2n) is 7.68. The van der Waals surface area contributed by atoms with Crippen LogP contribution in [0.25, 0.3) is 0 Å². The van der Waals surface area contributed by atoms with Crippen molar-refractivity contribution in [3.63, 3.8) is 0 Å². The molecule has 2 aliphatic rings. The SMILES string of the molecule is CS(=O)(=O)N1CCC(CN=C(N)NC2CCN(Cc3ccccc3)CC2)C1. The van der Waals surface area contributed by atoms with Crippen molar-refractivity contribution in [2.75, 3.05) is 39.0 Å². The summed E-state index contributed by atoms with van der Waals surface area (Å²) < 4.78 is 24.7. The summed E-state index contributed by atoms with van der Waals surface area (Å²) in [6.07, 6.45) is 4.21. The van der Waals surface area contributed by atoms with Crippen LogP contribution in [-0.4, -0.2) is 68.6 Å². The molecule has 0 saturated carbocycles. The summed E-state index contributed by atoms with van der Waals surface area (Å²) in [7, 11) is -3.09. The molecule has 150 valence electrons. The number of sulfonamides is 1. The van der Waals surface area contributed by atoms with Crippen molar-refractivity contribution < 1.29 is 8.42 Å². The van der Waals surface area contributed by atoms with E-state index in [9.17, 15) is 8.42 Å². The van der Waals surface area contributed by atoms with Gasteiger partial charge in [-0.25, -0.2) is 12.7 Å². The van der Waals surface area contributed by atoms with Crippen molar-refractivity contribution in [1.29, 1.82) is 0 Å². The Labute approximate surface area is 162 Å². The second-order valence-corrected chi connectivity index (χ2v) is 9.66.